The lowest BCUT2D eigenvalue weighted by Gasteiger charge is -2.14. The summed E-state index contributed by atoms with van der Waals surface area (Å²) in [6, 6.07) is 11.4. The fraction of sp³-hybridized carbons (Fsp3) is 0.188. The first kappa shape index (κ1) is 17.7. The van der Waals surface area contributed by atoms with Crippen molar-refractivity contribution in [2.24, 2.45) is 0 Å². The van der Waals surface area contributed by atoms with Crippen molar-refractivity contribution in [3.63, 3.8) is 0 Å². The van der Waals surface area contributed by atoms with E-state index in [0.717, 1.165) is 10.6 Å². The largest absolute Gasteiger partial charge is 0.375 e. The van der Waals surface area contributed by atoms with Crippen LogP contribution < -0.4 is 5.32 Å². The van der Waals surface area contributed by atoms with E-state index in [1.807, 2.05) is 12.1 Å². The van der Waals surface area contributed by atoms with Gasteiger partial charge < -0.3 is 5.32 Å². The van der Waals surface area contributed by atoms with Crippen molar-refractivity contribution in [3.05, 3.63) is 68.7 Å². The van der Waals surface area contributed by atoms with Gasteiger partial charge in [-0.3, -0.25) is 19.7 Å². The Kier molecular flexibility index (Phi) is 5.73. The third-order valence-electron chi connectivity index (χ3n) is 3.43. The van der Waals surface area contributed by atoms with Gasteiger partial charge >= 0.3 is 0 Å². The minimum absolute atomic E-state index is 0.161. The summed E-state index contributed by atoms with van der Waals surface area (Å²) in [6.45, 7) is 0.325. The van der Waals surface area contributed by atoms with Crippen LogP contribution in [0, 0.1) is 10.1 Å². The molecule has 0 fully saturated rings. The Morgan fingerprint density at radius 2 is 2.04 bits per heavy atom. The molecule has 0 unspecified atom stereocenters. The highest BCUT2D eigenvalue weighted by Gasteiger charge is 2.19. The molecule has 1 N–H and O–H groups in total. The third kappa shape index (κ3) is 4.01. The number of carbonyl (C=O) groups is 1. The minimum atomic E-state index is -0.543. The number of nitrogens with zero attached hydrogens (tertiary/aromatic N) is 2. The van der Waals surface area contributed by atoms with Crippen molar-refractivity contribution in [1.82, 2.24) is 5.06 Å². The zero-order valence-corrected chi connectivity index (χ0v) is 13.9. The first-order valence-electron chi connectivity index (χ1n) is 7.02. The molecule has 24 heavy (non-hydrogen) atoms. The summed E-state index contributed by atoms with van der Waals surface area (Å²) in [7, 11) is 2.77. The Balaban J connectivity index is 2.25. The smallest absolute Gasteiger partial charge is 0.293 e. The van der Waals surface area contributed by atoms with Crippen molar-refractivity contribution in [2.45, 2.75) is 6.54 Å². The molecule has 0 bridgehead atoms. The van der Waals surface area contributed by atoms with Crippen LogP contribution in [0.25, 0.3) is 0 Å². The highest BCUT2D eigenvalue weighted by atomic mass is 35.5. The van der Waals surface area contributed by atoms with Crippen molar-refractivity contribution in [3.8, 4) is 0 Å². The molecule has 2 aromatic rings. The van der Waals surface area contributed by atoms with Crippen LogP contribution in [0.15, 0.2) is 42.5 Å². The molecule has 0 spiro atoms. The molecular formula is C16H16ClN3O4. The predicted molar refractivity (Wildman–Crippen MR) is 91.0 cm³/mol. The molecule has 0 aromatic heterocycles. The molecule has 0 aliphatic carbocycles. The Labute approximate surface area is 143 Å². The Morgan fingerprint density at radius 1 is 1.33 bits per heavy atom. The van der Waals surface area contributed by atoms with Crippen LogP contribution in [0.5, 0.6) is 0 Å². The number of halogens is 1. The van der Waals surface area contributed by atoms with Crippen LogP contribution in [-0.4, -0.2) is 30.1 Å². The molecule has 8 heteroatoms. The lowest BCUT2D eigenvalue weighted by molar-refractivity contribution is -0.384. The number of nitrogens with one attached hydrogen (secondary N) is 1. The van der Waals surface area contributed by atoms with Gasteiger partial charge in [-0.05, 0) is 23.8 Å². The lowest BCUT2D eigenvalue weighted by Crippen LogP contribution is -2.25. The van der Waals surface area contributed by atoms with Crippen LogP contribution in [0.4, 0.5) is 11.4 Å². The molecule has 0 radical (unpaired) electrons. The normalized spacial score (nSPS) is 10.3. The first-order chi connectivity index (χ1) is 11.4. The van der Waals surface area contributed by atoms with Crippen LogP contribution in [0.2, 0.25) is 5.02 Å². The highest BCUT2D eigenvalue weighted by molar-refractivity contribution is 6.31. The van der Waals surface area contributed by atoms with Gasteiger partial charge in [0.15, 0.2) is 0 Å². The maximum atomic E-state index is 12.0. The number of hydrogen-bond donors (Lipinski definition) is 1. The lowest BCUT2D eigenvalue weighted by atomic mass is 10.1. The van der Waals surface area contributed by atoms with E-state index in [-0.39, 0.29) is 11.3 Å². The van der Waals surface area contributed by atoms with Gasteiger partial charge in [0.1, 0.15) is 5.69 Å². The molecule has 1 amide bonds. The van der Waals surface area contributed by atoms with Crippen LogP contribution >= 0.6 is 11.6 Å². The van der Waals surface area contributed by atoms with E-state index in [0.29, 0.717) is 17.3 Å². The van der Waals surface area contributed by atoms with Gasteiger partial charge in [-0.15, -0.1) is 0 Å². The number of amides is 1. The predicted octanol–water partition coefficient (Wildman–Crippen LogP) is 3.49. The Hall–Kier alpha value is -2.64. The van der Waals surface area contributed by atoms with Crippen molar-refractivity contribution in [1.29, 1.82) is 0 Å². The van der Waals surface area contributed by atoms with E-state index >= 15 is 0 Å². The van der Waals surface area contributed by atoms with Gasteiger partial charge in [0.05, 0.1) is 12.0 Å². The van der Waals surface area contributed by atoms with Crippen LogP contribution in [-0.2, 0) is 11.4 Å². The number of anilines is 1. The molecular weight excluding hydrogens is 334 g/mol. The van der Waals surface area contributed by atoms with E-state index < -0.39 is 10.8 Å². The van der Waals surface area contributed by atoms with Crippen molar-refractivity contribution < 1.29 is 14.6 Å². The number of hydroxylamine groups is 2. The van der Waals surface area contributed by atoms with E-state index in [1.165, 1.54) is 32.4 Å². The van der Waals surface area contributed by atoms with Gasteiger partial charge in [-0.1, -0.05) is 29.8 Å². The zero-order valence-electron chi connectivity index (χ0n) is 13.2. The van der Waals surface area contributed by atoms with Gasteiger partial charge in [0, 0.05) is 30.2 Å². The number of nitro groups is 1. The Morgan fingerprint density at radius 3 is 2.67 bits per heavy atom. The molecule has 0 saturated carbocycles. The SMILES string of the molecule is CON(C)C(=O)c1ccc(NCc2ccccc2Cl)c([N+](=O)[O-])c1. The average Bonchev–Trinajstić information content (AvgIpc) is 2.59. The quantitative estimate of drug-likeness (QED) is 0.637. The van der Waals surface area contributed by atoms with Gasteiger partial charge in [-0.2, -0.15) is 0 Å². The molecule has 0 heterocycles. The third-order valence-corrected chi connectivity index (χ3v) is 3.80. The summed E-state index contributed by atoms with van der Waals surface area (Å²) in [5.41, 5.74) is 1.08. The fourth-order valence-electron chi connectivity index (χ4n) is 2.06. The second kappa shape index (κ2) is 7.76. The second-order valence-corrected chi connectivity index (χ2v) is 5.33. The molecule has 7 nitrogen and oxygen atoms in total. The molecule has 0 atom stereocenters. The van der Waals surface area contributed by atoms with Crippen LogP contribution in [0.1, 0.15) is 15.9 Å². The zero-order chi connectivity index (χ0) is 17.7. The van der Waals surface area contributed by atoms with E-state index in [9.17, 15) is 14.9 Å². The molecule has 2 aromatic carbocycles. The monoisotopic (exact) mass is 349 g/mol. The highest BCUT2D eigenvalue weighted by Crippen LogP contribution is 2.27. The van der Waals surface area contributed by atoms with E-state index in [4.69, 9.17) is 16.4 Å². The van der Waals surface area contributed by atoms with Crippen LogP contribution in [0.3, 0.4) is 0 Å². The average molecular weight is 350 g/mol. The number of hydrogen-bond acceptors (Lipinski definition) is 5. The van der Waals surface area contributed by atoms with Crippen molar-refractivity contribution >= 4 is 28.9 Å². The molecule has 0 aliphatic rings. The number of benzene rings is 2. The van der Waals surface area contributed by atoms with Gasteiger partial charge in [0.2, 0.25) is 0 Å². The first-order valence-corrected chi connectivity index (χ1v) is 7.39. The molecule has 0 aliphatic heterocycles. The van der Waals surface area contributed by atoms with Crippen molar-refractivity contribution in [2.75, 3.05) is 19.5 Å². The van der Waals surface area contributed by atoms with Gasteiger partial charge in [0.25, 0.3) is 11.6 Å². The van der Waals surface area contributed by atoms with E-state index in [1.54, 1.807) is 12.1 Å². The standard InChI is InChI=1S/C16H16ClN3O4/c1-19(24-2)16(21)11-7-8-14(15(9-11)20(22)23)18-10-12-5-3-4-6-13(12)17/h3-9,18H,10H2,1-2H3. The second-order valence-electron chi connectivity index (χ2n) is 4.92. The fourth-order valence-corrected chi connectivity index (χ4v) is 2.26. The topological polar surface area (TPSA) is 84.7 Å². The summed E-state index contributed by atoms with van der Waals surface area (Å²) in [5.74, 6) is -0.474. The molecule has 126 valence electrons. The summed E-state index contributed by atoms with van der Waals surface area (Å²) in [4.78, 5) is 27.6. The summed E-state index contributed by atoms with van der Waals surface area (Å²) >= 11 is 6.07. The maximum Gasteiger partial charge on any atom is 0.293 e. The number of carbonyl (C=O) groups excluding carboxylic acids is 1. The summed E-state index contributed by atoms with van der Waals surface area (Å²) in [6.07, 6.45) is 0. The maximum absolute atomic E-state index is 12.0. The Bertz CT molecular complexity index is 767. The van der Waals surface area contributed by atoms with Gasteiger partial charge in [-0.25, -0.2) is 5.06 Å². The number of nitro benzene ring substituents is 1. The molecule has 0 saturated heterocycles. The minimum Gasteiger partial charge on any atom is -0.375 e. The molecule has 2 rings (SSSR count). The summed E-state index contributed by atoms with van der Waals surface area (Å²) < 4.78 is 0. The number of rotatable bonds is 6. The van der Waals surface area contributed by atoms with E-state index in [2.05, 4.69) is 5.32 Å². The summed E-state index contributed by atoms with van der Waals surface area (Å²) in [5, 5.41) is 15.8.